The highest BCUT2D eigenvalue weighted by Gasteiger charge is 2.31. The molecule has 0 amide bonds. The first-order chi connectivity index (χ1) is 8.93. The molecular formula is C17H19N. The normalized spacial score (nSPS) is 22.4. The lowest BCUT2D eigenvalue weighted by atomic mass is 9.75. The summed E-state index contributed by atoms with van der Waals surface area (Å²) in [5.74, 6) is 0.704. The minimum absolute atomic E-state index is 0.646. The maximum absolute atomic E-state index is 3.68. The van der Waals surface area contributed by atoms with E-state index in [1.807, 2.05) is 0 Å². The molecule has 0 radical (unpaired) electrons. The van der Waals surface area contributed by atoms with Gasteiger partial charge in [-0.2, -0.15) is 0 Å². The molecule has 1 saturated carbocycles. The molecule has 3 rings (SSSR count). The van der Waals surface area contributed by atoms with Crippen molar-refractivity contribution in [2.75, 3.05) is 0 Å². The predicted octanol–water partition coefficient (Wildman–Crippen LogP) is 3.72. The molecule has 2 atom stereocenters. The van der Waals surface area contributed by atoms with Crippen LogP contribution in [-0.2, 0) is 6.54 Å². The molecule has 2 aromatic carbocycles. The van der Waals surface area contributed by atoms with E-state index in [0.717, 1.165) is 6.54 Å². The second-order valence-electron chi connectivity index (χ2n) is 5.07. The molecule has 0 saturated heterocycles. The average Bonchev–Trinajstić information content (AvgIpc) is 2.40. The van der Waals surface area contributed by atoms with Crippen molar-refractivity contribution in [1.82, 2.24) is 5.32 Å². The Balaban J connectivity index is 1.58. The van der Waals surface area contributed by atoms with Gasteiger partial charge in [-0.05, 0) is 29.9 Å². The molecule has 1 nitrogen and oxygen atoms in total. The molecule has 0 bridgehead atoms. The SMILES string of the molecule is c1ccc(CN[C@H]2CC[C@@H]2c2ccccc2)cc1. The van der Waals surface area contributed by atoms with Gasteiger partial charge in [-0.25, -0.2) is 0 Å². The number of nitrogens with one attached hydrogen (secondary N) is 1. The van der Waals surface area contributed by atoms with Gasteiger partial charge in [0, 0.05) is 12.6 Å². The van der Waals surface area contributed by atoms with Crippen LogP contribution in [0, 0.1) is 0 Å². The highest BCUT2D eigenvalue weighted by Crippen LogP contribution is 2.36. The van der Waals surface area contributed by atoms with Gasteiger partial charge in [0.15, 0.2) is 0 Å². The van der Waals surface area contributed by atoms with Crippen molar-refractivity contribution in [3.05, 3.63) is 71.8 Å². The van der Waals surface area contributed by atoms with Crippen LogP contribution in [0.3, 0.4) is 0 Å². The van der Waals surface area contributed by atoms with Crippen molar-refractivity contribution in [2.45, 2.75) is 31.3 Å². The Morgan fingerprint density at radius 1 is 0.833 bits per heavy atom. The lowest BCUT2D eigenvalue weighted by Gasteiger charge is -2.38. The molecule has 0 unspecified atom stereocenters. The molecule has 92 valence electrons. The van der Waals surface area contributed by atoms with Crippen LogP contribution in [-0.4, -0.2) is 6.04 Å². The van der Waals surface area contributed by atoms with Gasteiger partial charge in [-0.3, -0.25) is 0 Å². The van der Waals surface area contributed by atoms with Crippen LogP contribution in [0.1, 0.15) is 29.9 Å². The van der Waals surface area contributed by atoms with Gasteiger partial charge >= 0.3 is 0 Å². The van der Waals surface area contributed by atoms with E-state index < -0.39 is 0 Å². The van der Waals surface area contributed by atoms with Crippen LogP contribution in [0.25, 0.3) is 0 Å². The topological polar surface area (TPSA) is 12.0 Å². The number of hydrogen-bond acceptors (Lipinski definition) is 1. The van der Waals surface area contributed by atoms with Crippen LogP contribution in [0.5, 0.6) is 0 Å². The largest absolute Gasteiger partial charge is 0.309 e. The Bertz CT molecular complexity index is 477. The highest BCUT2D eigenvalue weighted by molar-refractivity contribution is 5.24. The molecule has 0 spiro atoms. The molecule has 1 aliphatic carbocycles. The Hall–Kier alpha value is -1.60. The van der Waals surface area contributed by atoms with Crippen LogP contribution in [0.4, 0.5) is 0 Å². The minimum atomic E-state index is 0.646. The molecule has 0 heterocycles. The fraction of sp³-hybridized carbons (Fsp3) is 0.294. The van der Waals surface area contributed by atoms with E-state index in [2.05, 4.69) is 66.0 Å². The minimum Gasteiger partial charge on any atom is -0.309 e. The lowest BCUT2D eigenvalue weighted by Crippen LogP contribution is -2.41. The summed E-state index contributed by atoms with van der Waals surface area (Å²) in [6.45, 7) is 0.981. The van der Waals surface area contributed by atoms with E-state index in [9.17, 15) is 0 Å². The summed E-state index contributed by atoms with van der Waals surface area (Å²) in [6, 6.07) is 22.2. The summed E-state index contributed by atoms with van der Waals surface area (Å²) in [4.78, 5) is 0. The Labute approximate surface area is 109 Å². The van der Waals surface area contributed by atoms with Gasteiger partial charge < -0.3 is 5.32 Å². The van der Waals surface area contributed by atoms with Gasteiger partial charge in [0.25, 0.3) is 0 Å². The maximum Gasteiger partial charge on any atom is 0.0208 e. The molecule has 0 aromatic heterocycles. The summed E-state index contributed by atoms with van der Waals surface area (Å²) < 4.78 is 0. The van der Waals surface area contributed by atoms with Gasteiger partial charge in [-0.15, -0.1) is 0 Å². The first-order valence-corrected chi connectivity index (χ1v) is 6.76. The molecule has 0 aliphatic heterocycles. The fourth-order valence-electron chi connectivity index (χ4n) is 2.69. The van der Waals surface area contributed by atoms with E-state index >= 15 is 0 Å². The van der Waals surface area contributed by atoms with E-state index in [-0.39, 0.29) is 0 Å². The van der Waals surface area contributed by atoms with E-state index in [1.54, 1.807) is 0 Å². The lowest BCUT2D eigenvalue weighted by molar-refractivity contribution is 0.282. The molecule has 2 aromatic rings. The Morgan fingerprint density at radius 3 is 2.11 bits per heavy atom. The second-order valence-corrected chi connectivity index (χ2v) is 5.07. The molecule has 18 heavy (non-hydrogen) atoms. The van der Waals surface area contributed by atoms with E-state index in [1.165, 1.54) is 24.0 Å². The molecular weight excluding hydrogens is 218 g/mol. The summed E-state index contributed by atoms with van der Waals surface area (Å²) in [5, 5.41) is 3.68. The van der Waals surface area contributed by atoms with E-state index in [4.69, 9.17) is 0 Å². The third-order valence-electron chi connectivity index (χ3n) is 3.91. The zero-order valence-corrected chi connectivity index (χ0v) is 10.5. The van der Waals surface area contributed by atoms with Gasteiger partial charge in [-0.1, -0.05) is 60.7 Å². The second kappa shape index (κ2) is 5.36. The smallest absolute Gasteiger partial charge is 0.0208 e. The molecule has 1 N–H and O–H groups in total. The summed E-state index contributed by atoms with van der Waals surface area (Å²) in [7, 11) is 0. The summed E-state index contributed by atoms with van der Waals surface area (Å²) in [5.41, 5.74) is 2.85. The number of benzene rings is 2. The maximum atomic E-state index is 3.68. The number of rotatable bonds is 4. The standard InChI is InChI=1S/C17H19N/c1-3-7-14(8-4-1)13-18-17-12-11-16(17)15-9-5-2-6-10-15/h1-10,16-18H,11-13H2/t16-,17+/m1/s1. The molecule has 1 heteroatoms. The van der Waals surface area contributed by atoms with Crippen LogP contribution < -0.4 is 5.32 Å². The summed E-state index contributed by atoms with van der Waals surface area (Å²) >= 11 is 0. The van der Waals surface area contributed by atoms with Gasteiger partial charge in [0.05, 0.1) is 0 Å². The quantitative estimate of drug-likeness (QED) is 0.854. The van der Waals surface area contributed by atoms with Gasteiger partial charge in [0.1, 0.15) is 0 Å². The predicted molar refractivity (Wildman–Crippen MR) is 75.5 cm³/mol. The Kier molecular flexibility index (Phi) is 3.42. The first kappa shape index (κ1) is 11.5. The van der Waals surface area contributed by atoms with Crippen molar-refractivity contribution in [3.63, 3.8) is 0 Å². The van der Waals surface area contributed by atoms with E-state index in [0.29, 0.717) is 12.0 Å². The van der Waals surface area contributed by atoms with Crippen LogP contribution >= 0.6 is 0 Å². The van der Waals surface area contributed by atoms with Crippen molar-refractivity contribution in [2.24, 2.45) is 0 Å². The van der Waals surface area contributed by atoms with Crippen molar-refractivity contribution < 1.29 is 0 Å². The van der Waals surface area contributed by atoms with Crippen molar-refractivity contribution in [1.29, 1.82) is 0 Å². The summed E-state index contributed by atoms with van der Waals surface area (Å²) in [6.07, 6.45) is 2.61. The number of hydrogen-bond donors (Lipinski definition) is 1. The van der Waals surface area contributed by atoms with Crippen LogP contribution in [0.2, 0.25) is 0 Å². The highest BCUT2D eigenvalue weighted by atomic mass is 14.9. The third kappa shape index (κ3) is 2.46. The average molecular weight is 237 g/mol. The zero-order valence-electron chi connectivity index (χ0n) is 10.5. The molecule has 1 fully saturated rings. The Morgan fingerprint density at radius 2 is 1.50 bits per heavy atom. The van der Waals surface area contributed by atoms with Crippen LogP contribution in [0.15, 0.2) is 60.7 Å². The van der Waals surface area contributed by atoms with Crippen molar-refractivity contribution >= 4 is 0 Å². The van der Waals surface area contributed by atoms with Gasteiger partial charge in [0.2, 0.25) is 0 Å². The zero-order chi connectivity index (χ0) is 12.2. The monoisotopic (exact) mass is 237 g/mol. The fourth-order valence-corrected chi connectivity index (χ4v) is 2.69. The first-order valence-electron chi connectivity index (χ1n) is 6.76. The molecule has 1 aliphatic rings. The van der Waals surface area contributed by atoms with Crippen molar-refractivity contribution in [3.8, 4) is 0 Å². The third-order valence-corrected chi connectivity index (χ3v) is 3.91.